The van der Waals surface area contributed by atoms with Crippen LogP contribution in [-0.2, 0) is 4.79 Å². The summed E-state index contributed by atoms with van der Waals surface area (Å²) >= 11 is 0. The highest BCUT2D eigenvalue weighted by molar-refractivity contribution is 5.94. The Hall–Kier alpha value is -0.790. The molecule has 2 nitrogen and oxygen atoms in total. The molecule has 3 saturated carbocycles. The van der Waals surface area contributed by atoms with Gasteiger partial charge in [-0.15, -0.1) is 0 Å². The van der Waals surface area contributed by atoms with Gasteiger partial charge in [0.05, 0.1) is 0 Å². The molecule has 0 saturated heterocycles. The standard InChI is InChI=1S/C12H17NO/c1-8(9-2-3-9)12(14)13(10-4-5-10)11-6-7-11/h9-11H,1-7H2. The first-order chi connectivity index (χ1) is 6.77. The Balaban J connectivity index is 1.70. The molecule has 3 rings (SSSR count). The van der Waals surface area contributed by atoms with Crippen molar-refractivity contribution < 1.29 is 4.79 Å². The lowest BCUT2D eigenvalue weighted by atomic mass is 10.1. The second kappa shape index (κ2) is 2.85. The van der Waals surface area contributed by atoms with Gasteiger partial charge in [-0.3, -0.25) is 4.79 Å². The van der Waals surface area contributed by atoms with Gasteiger partial charge in [-0.2, -0.15) is 0 Å². The van der Waals surface area contributed by atoms with E-state index in [1.54, 1.807) is 0 Å². The number of nitrogens with zero attached hydrogens (tertiary/aromatic N) is 1. The molecule has 14 heavy (non-hydrogen) atoms. The monoisotopic (exact) mass is 191 g/mol. The average molecular weight is 191 g/mol. The van der Waals surface area contributed by atoms with E-state index in [1.807, 2.05) is 0 Å². The first-order valence-electron chi connectivity index (χ1n) is 5.79. The molecular formula is C12H17NO. The number of hydrogen-bond acceptors (Lipinski definition) is 1. The maximum atomic E-state index is 12.1. The van der Waals surface area contributed by atoms with Crippen LogP contribution in [-0.4, -0.2) is 22.9 Å². The van der Waals surface area contributed by atoms with Crippen LogP contribution in [0.1, 0.15) is 38.5 Å². The van der Waals surface area contributed by atoms with Gasteiger partial charge in [-0.05, 0) is 44.4 Å². The predicted molar refractivity (Wildman–Crippen MR) is 54.8 cm³/mol. The molecule has 0 aliphatic heterocycles. The van der Waals surface area contributed by atoms with E-state index in [4.69, 9.17) is 0 Å². The van der Waals surface area contributed by atoms with Crippen LogP contribution in [0.15, 0.2) is 12.2 Å². The van der Waals surface area contributed by atoms with Crippen molar-refractivity contribution >= 4 is 5.91 Å². The fraction of sp³-hybridized carbons (Fsp3) is 0.750. The minimum Gasteiger partial charge on any atom is -0.333 e. The number of carbonyl (C=O) groups is 1. The van der Waals surface area contributed by atoms with E-state index in [9.17, 15) is 4.79 Å². The second-order valence-corrected chi connectivity index (χ2v) is 4.97. The molecule has 0 spiro atoms. The van der Waals surface area contributed by atoms with E-state index in [0.29, 0.717) is 18.0 Å². The summed E-state index contributed by atoms with van der Waals surface area (Å²) in [7, 11) is 0. The molecule has 1 amide bonds. The molecule has 76 valence electrons. The Kier molecular flexibility index (Phi) is 1.73. The molecule has 0 unspecified atom stereocenters. The molecule has 2 heteroatoms. The zero-order chi connectivity index (χ0) is 9.71. The Bertz CT molecular complexity index is 273. The highest BCUT2D eigenvalue weighted by atomic mass is 16.2. The molecule has 0 atom stereocenters. The molecule has 3 aliphatic rings. The Morgan fingerprint density at radius 2 is 1.50 bits per heavy atom. The molecule has 3 fully saturated rings. The van der Waals surface area contributed by atoms with E-state index >= 15 is 0 Å². The van der Waals surface area contributed by atoms with Gasteiger partial charge in [-0.1, -0.05) is 6.58 Å². The van der Waals surface area contributed by atoms with Gasteiger partial charge in [0.15, 0.2) is 0 Å². The maximum absolute atomic E-state index is 12.1. The van der Waals surface area contributed by atoms with Gasteiger partial charge in [0.1, 0.15) is 0 Å². The first-order valence-corrected chi connectivity index (χ1v) is 5.79. The zero-order valence-corrected chi connectivity index (χ0v) is 8.54. The van der Waals surface area contributed by atoms with Crippen molar-refractivity contribution in [2.24, 2.45) is 5.92 Å². The lowest BCUT2D eigenvalue weighted by Gasteiger charge is -2.23. The topological polar surface area (TPSA) is 20.3 Å². The Labute approximate surface area is 85.0 Å². The number of rotatable bonds is 4. The summed E-state index contributed by atoms with van der Waals surface area (Å²) in [6.45, 7) is 3.97. The Morgan fingerprint density at radius 3 is 1.86 bits per heavy atom. The SMILES string of the molecule is C=C(C(=O)N(C1CC1)C1CC1)C1CC1. The van der Waals surface area contributed by atoms with Gasteiger partial charge in [0, 0.05) is 17.7 Å². The molecule has 0 N–H and O–H groups in total. The van der Waals surface area contributed by atoms with E-state index in [-0.39, 0.29) is 5.91 Å². The van der Waals surface area contributed by atoms with Crippen molar-refractivity contribution in [1.29, 1.82) is 0 Å². The molecule has 0 aromatic carbocycles. The smallest absolute Gasteiger partial charge is 0.249 e. The van der Waals surface area contributed by atoms with Crippen molar-refractivity contribution in [3.05, 3.63) is 12.2 Å². The van der Waals surface area contributed by atoms with E-state index in [1.165, 1.54) is 38.5 Å². The van der Waals surface area contributed by atoms with Crippen molar-refractivity contribution in [1.82, 2.24) is 4.90 Å². The largest absolute Gasteiger partial charge is 0.333 e. The van der Waals surface area contributed by atoms with Gasteiger partial charge in [0.25, 0.3) is 0 Å². The van der Waals surface area contributed by atoms with E-state index in [2.05, 4.69) is 11.5 Å². The molecule has 0 heterocycles. The molecular weight excluding hydrogens is 174 g/mol. The van der Waals surface area contributed by atoms with Crippen LogP contribution in [0.4, 0.5) is 0 Å². The van der Waals surface area contributed by atoms with Crippen molar-refractivity contribution in [3.8, 4) is 0 Å². The highest BCUT2D eigenvalue weighted by Gasteiger charge is 2.44. The van der Waals surface area contributed by atoms with Crippen LogP contribution >= 0.6 is 0 Å². The highest BCUT2D eigenvalue weighted by Crippen LogP contribution is 2.42. The van der Waals surface area contributed by atoms with E-state index < -0.39 is 0 Å². The third kappa shape index (κ3) is 1.47. The zero-order valence-electron chi connectivity index (χ0n) is 8.54. The maximum Gasteiger partial charge on any atom is 0.249 e. The average Bonchev–Trinajstić information content (AvgIpc) is 2.99. The van der Waals surface area contributed by atoms with Crippen molar-refractivity contribution in [2.75, 3.05) is 0 Å². The van der Waals surface area contributed by atoms with Gasteiger partial charge < -0.3 is 4.90 Å². The minimum absolute atomic E-state index is 0.275. The molecule has 0 aromatic rings. The summed E-state index contributed by atoms with van der Waals surface area (Å²) in [4.78, 5) is 14.3. The molecule has 0 radical (unpaired) electrons. The van der Waals surface area contributed by atoms with Crippen LogP contribution in [0.5, 0.6) is 0 Å². The molecule has 3 aliphatic carbocycles. The minimum atomic E-state index is 0.275. The third-order valence-electron chi connectivity index (χ3n) is 3.46. The third-order valence-corrected chi connectivity index (χ3v) is 3.46. The quantitative estimate of drug-likeness (QED) is 0.623. The second-order valence-electron chi connectivity index (χ2n) is 4.97. The fourth-order valence-electron chi connectivity index (χ4n) is 2.11. The van der Waals surface area contributed by atoms with Gasteiger partial charge in [-0.25, -0.2) is 0 Å². The summed E-state index contributed by atoms with van der Waals surface area (Å²) in [5, 5.41) is 0. The summed E-state index contributed by atoms with van der Waals surface area (Å²) in [5.41, 5.74) is 0.892. The van der Waals surface area contributed by atoms with Crippen LogP contribution < -0.4 is 0 Å². The van der Waals surface area contributed by atoms with Crippen LogP contribution in [0, 0.1) is 5.92 Å². The lowest BCUT2D eigenvalue weighted by molar-refractivity contribution is -0.128. The van der Waals surface area contributed by atoms with Crippen molar-refractivity contribution in [2.45, 2.75) is 50.6 Å². The van der Waals surface area contributed by atoms with Gasteiger partial charge in [0.2, 0.25) is 5.91 Å². The van der Waals surface area contributed by atoms with Gasteiger partial charge >= 0.3 is 0 Å². The normalized spacial score (nSPS) is 26.0. The number of carbonyl (C=O) groups excluding carboxylic acids is 1. The lowest BCUT2D eigenvalue weighted by Crippen LogP contribution is -2.36. The van der Waals surface area contributed by atoms with Crippen LogP contribution in [0.2, 0.25) is 0 Å². The summed E-state index contributed by atoms with van der Waals surface area (Å²) < 4.78 is 0. The van der Waals surface area contributed by atoms with Crippen LogP contribution in [0.3, 0.4) is 0 Å². The first kappa shape index (κ1) is 8.51. The molecule has 0 bridgehead atoms. The molecule has 0 aromatic heterocycles. The summed E-state index contributed by atoms with van der Waals surface area (Å²) in [6, 6.07) is 1.15. The number of amides is 1. The van der Waals surface area contributed by atoms with Crippen molar-refractivity contribution in [3.63, 3.8) is 0 Å². The summed E-state index contributed by atoms with van der Waals surface area (Å²) in [6.07, 6.45) is 7.27. The summed E-state index contributed by atoms with van der Waals surface area (Å²) in [5.74, 6) is 0.806. The number of hydrogen-bond donors (Lipinski definition) is 0. The Morgan fingerprint density at radius 1 is 1.00 bits per heavy atom. The van der Waals surface area contributed by atoms with E-state index in [0.717, 1.165) is 5.57 Å². The van der Waals surface area contributed by atoms with Crippen LogP contribution in [0.25, 0.3) is 0 Å². The fourth-order valence-corrected chi connectivity index (χ4v) is 2.11. The predicted octanol–water partition coefficient (Wildman–Crippen LogP) is 2.11.